The monoisotopic (exact) mass is 389 g/mol. The van der Waals surface area contributed by atoms with Gasteiger partial charge in [-0.05, 0) is 43.0 Å². The average molecular weight is 390 g/mol. The smallest absolute Gasteiger partial charge is 0.154 e. The second-order valence-electron chi connectivity index (χ2n) is 7.35. The first-order chi connectivity index (χ1) is 13.7. The van der Waals surface area contributed by atoms with Crippen LogP contribution in [0, 0.1) is 13.8 Å². The zero-order valence-corrected chi connectivity index (χ0v) is 17.0. The Labute approximate surface area is 168 Å². The van der Waals surface area contributed by atoms with E-state index in [4.69, 9.17) is 10.1 Å². The lowest BCUT2D eigenvalue weighted by molar-refractivity contribution is 0.646. The van der Waals surface area contributed by atoms with E-state index in [9.17, 15) is 0 Å². The van der Waals surface area contributed by atoms with E-state index in [0.29, 0.717) is 0 Å². The highest BCUT2D eigenvalue weighted by molar-refractivity contribution is 7.13. The lowest BCUT2D eigenvalue weighted by atomic mass is 10.1. The van der Waals surface area contributed by atoms with Crippen LogP contribution in [0.4, 0.5) is 11.5 Å². The van der Waals surface area contributed by atoms with E-state index >= 15 is 0 Å². The summed E-state index contributed by atoms with van der Waals surface area (Å²) < 4.78 is 1.95. The second kappa shape index (κ2) is 6.95. The maximum absolute atomic E-state index is 4.74. The van der Waals surface area contributed by atoms with Crippen LogP contribution >= 0.6 is 11.3 Å². The molecule has 1 aromatic carbocycles. The third kappa shape index (κ3) is 3.03. The minimum absolute atomic E-state index is 0.958. The highest BCUT2D eigenvalue weighted by Gasteiger charge is 2.22. The summed E-state index contributed by atoms with van der Waals surface area (Å²) in [7, 11) is 0. The van der Waals surface area contributed by atoms with Gasteiger partial charge in [0.2, 0.25) is 0 Å². The van der Waals surface area contributed by atoms with Gasteiger partial charge in [-0.25, -0.2) is 9.50 Å². The van der Waals surface area contributed by atoms with E-state index in [0.717, 1.165) is 43.2 Å². The van der Waals surface area contributed by atoms with Gasteiger partial charge in [-0.2, -0.15) is 5.10 Å². The summed E-state index contributed by atoms with van der Waals surface area (Å²) in [6.07, 6.45) is 3.78. The molecule has 0 atom stereocenters. The number of rotatable bonds is 3. The van der Waals surface area contributed by atoms with Crippen LogP contribution < -0.4 is 9.80 Å². The van der Waals surface area contributed by atoms with Gasteiger partial charge < -0.3 is 9.80 Å². The van der Waals surface area contributed by atoms with E-state index in [1.807, 2.05) is 16.9 Å². The molecular weight excluding hydrogens is 366 g/mol. The fourth-order valence-electron chi connectivity index (χ4n) is 4.02. The molecule has 1 fully saturated rings. The van der Waals surface area contributed by atoms with Crippen LogP contribution in [0.1, 0.15) is 11.1 Å². The van der Waals surface area contributed by atoms with Crippen LogP contribution in [-0.4, -0.2) is 40.8 Å². The van der Waals surface area contributed by atoms with Gasteiger partial charge in [0, 0.05) is 44.3 Å². The predicted octanol–water partition coefficient (Wildman–Crippen LogP) is 4.40. The molecule has 0 saturated carbocycles. The van der Waals surface area contributed by atoms with Crippen LogP contribution in [0.3, 0.4) is 0 Å². The molecule has 0 spiro atoms. The Morgan fingerprint density at radius 2 is 1.79 bits per heavy atom. The van der Waals surface area contributed by atoms with Crippen LogP contribution in [-0.2, 0) is 0 Å². The van der Waals surface area contributed by atoms with Crippen molar-refractivity contribution in [1.29, 1.82) is 0 Å². The molecule has 4 heterocycles. The van der Waals surface area contributed by atoms with Crippen molar-refractivity contribution < 1.29 is 0 Å². The Hall–Kier alpha value is -2.86. The molecule has 5 nitrogen and oxygen atoms in total. The van der Waals surface area contributed by atoms with Crippen molar-refractivity contribution in [3.05, 3.63) is 65.3 Å². The van der Waals surface area contributed by atoms with Gasteiger partial charge in [-0.3, -0.25) is 0 Å². The first kappa shape index (κ1) is 17.3. The first-order valence-corrected chi connectivity index (χ1v) is 10.5. The maximum Gasteiger partial charge on any atom is 0.154 e. The number of piperazine rings is 1. The van der Waals surface area contributed by atoms with Crippen molar-refractivity contribution in [3.8, 4) is 10.6 Å². The second-order valence-corrected chi connectivity index (χ2v) is 8.30. The van der Waals surface area contributed by atoms with Gasteiger partial charge >= 0.3 is 0 Å². The minimum Gasteiger partial charge on any atom is -0.368 e. The zero-order valence-electron chi connectivity index (χ0n) is 16.2. The molecule has 3 aromatic heterocycles. The minimum atomic E-state index is 0.958. The normalized spacial score (nSPS) is 14.8. The fourth-order valence-corrected chi connectivity index (χ4v) is 4.70. The third-order valence-corrected chi connectivity index (χ3v) is 6.31. The molecule has 1 aliphatic heterocycles. The number of aryl methyl sites for hydroxylation is 2. The van der Waals surface area contributed by atoms with E-state index in [1.54, 1.807) is 11.3 Å². The van der Waals surface area contributed by atoms with E-state index < -0.39 is 0 Å². The SMILES string of the molecule is Cc1ccc(N2CCN(c3nccn4nc(-c5cccs5)cc34)CC2)c(C)c1. The van der Waals surface area contributed by atoms with Crippen molar-refractivity contribution in [2.24, 2.45) is 0 Å². The number of hydrogen-bond acceptors (Lipinski definition) is 5. The molecule has 1 aliphatic rings. The Morgan fingerprint density at radius 1 is 0.964 bits per heavy atom. The summed E-state index contributed by atoms with van der Waals surface area (Å²) in [5, 5.41) is 6.83. The molecule has 1 saturated heterocycles. The summed E-state index contributed by atoms with van der Waals surface area (Å²) in [6, 6.07) is 13.1. The van der Waals surface area contributed by atoms with E-state index in [2.05, 4.69) is 65.4 Å². The molecule has 28 heavy (non-hydrogen) atoms. The molecular formula is C22H23N5S. The number of thiophene rings is 1. The molecule has 0 bridgehead atoms. The van der Waals surface area contributed by atoms with Crippen molar-refractivity contribution in [2.45, 2.75) is 13.8 Å². The van der Waals surface area contributed by atoms with Crippen molar-refractivity contribution in [3.63, 3.8) is 0 Å². The fraction of sp³-hybridized carbons (Fsp3) is 0.273. The van der Waals surface area contributed by atoms with Crippen molar-refractivity contribution in [2.75, 3.05) is 36.0 Å². The van der Waals surface area contributed by atoms with Crippen LogP contribution in [0.15, 0.2) is 54.2 Å². The average Bonchev–Trinajstić information content (AvgIpc) is 3.37. The summed E-state index contributed by atoms with van der Waals surface area (Å²) in [5.74, 6) is 1.03. The van der Waals surface area contributed by atoms with Crippen LogP contribution in [0.2, 0.25) is 0 Å². The van der Waals surface area contributed by atoms with Gasteiger partial charge in [-0.1, -0.05) is 23.8 Å². The van der Waals surface area contributed by atoms with E-state index in [1.165, 1.54) is 21.7 Å². The van der Waals surface area contributed by atoms with Crippen molar-refractivity contribution >= 4 is 28.4 Å². The number of hydrogen-bond donors (Lipinski definition) is 0. The topological polar surface area (TPSA) is 36.7 Å². The predicted molar refractivity (Wildman–Crippen MR) is 117 cm³/mol. The third-order valence-electron chi connectivity index (χ3n) is 5.42. The van der Waals surface area contributed by atoms with Crippen molar-refractivity contribution in [1.82, 2.24) is 14.6 Å². The first-order valence-electron chi connectivity index (χ1n) is 9.64. The summed E-state index contributed by atoms with van der Waals surface area (Å²) in [5.41, 5.74) is 6.10. The highest BCUT2D eigenvalue weighted by Crippen LogP contribution is 2.29. The largest absolute Gasteiger partial charge is 0.368 e. The quantitative estimate of drug-likeness (QED) is 0.520. The van der Waals surface area contributed by atoms with E-state index in [-0.39, 0.29) is 0 Å². The Kier molecular flexibility index (Phi) is 4.28. The summed E-state index contributed by atoms with van der Waals surface area (Å²) >= 11 is 1.72. The standard InChI is InChI=1S/C22H23N5S/c1-16-5-6-19(17(2)14-16)25-9-11-26(12-10-25)22-20-15-18(21-4-3-13-28-21)24-27(20)8-7-23-22/h3-8,13-15H,9-12H2,1-2H3. The van der Waals surface area contributed by atoms with Gasteiger partial charge in [-0.15, -0.1) is 11.3 Å². The molecule has 6 heteroatoms. The number of aromatic nitrogens is 3. The van der Waals surface area contributed by atoms with Gasteiger partial charge in [0.25, 0.3) is 0 Å². The molecule has 0 amide bonds. The molecule has 0 radical (unpaired) electrons. The summed E-state index contributed by atoms with van der Waals surface area (Å²) in [4.78, 5) is 10.8. The number of anilines is 2. The lowest BCUT2D eigenvalue weighted by Crippen LogP contribution is -2.47. The van der Waals surface area contributed by atoms with Gasteiger partial charge in [0.15, 0.2) is 5.82 Å². The molecule has 4 aromatic rings. The molecule has 0 aliphatic carbocycles. The Morgan fingerprint density at radius 3 is 2.54 bits per heavy atom. The number of benzene rings is 1. The van der Waals surface area contributed by atoms with Gasteiger partial charge in [0.05, 0.1) is 4.88 Å². The lowest BCUT2D eigenvalue weighted by Gasteiger charge is -2.37. The van der Waals surface area contributed by atoms with Crippen LogP contribution in [0.25, 0.3) is 16.1 Å². The molecule has 142 valence electrons. The molecule has 0 unspecified atom stereocenters. The number of fused-ring (bicyclic) bond motifs is 1. The Balaban J connectivity index is 1.40. The summed E-state index contributed by atoms with van der Waals surface area (Å²) in [6.45, 7) is 8.27. The highest BCUT2D eigenvalue weighted by atomic mass is 32.1. The maximum atomic E-state index is 4.74. The molecule has 0 N–H and O–H groups in total. The number of nitrogens with zero attached hydrogens (tertiary/aromatic N) is 5. The molecule has 5 rings (SSSR count). The zero-order chi connectivity index (χ0) is 19.1. The van der Waals surface area contributed by atoms with Gasteiger partial charge in [0.1, 0.15) is 11.2 Å². The Bertz CT molecular complexity index is 1110. The van der Waals surface area contributed by atoms with Crippen LogP contribution in [0.5, 0.6) is 0 Å².